The third kappa shape index (κ3) is 2.66. The minimum absolute atomic E-state index is 0.331. The van der Waals surface area contributed by atoms with Crippen LogP contribution in [-0.4, -0.2) is 61.4 Å². The Balaban J connectivity index is 1.83. The van der Waals surface area contributed by atoms with Crippen LogP contribution in [0.1, 0.15) is 25.7 Å². The molecular weight excluding hydrogens is 230 g/mol. The van der Waals surface area contributed by atoms with Gasteiger partial charge in [0.2, 0.25) is 0 Å². The minimum atomic E-state index is -0.363. The van der Waals surface area contributed by atoms with Gasteiger partial charge in [0.05, 0.1) is 0 Å². The summed E-state index contributed by atoms with van der Waals surface area (Å²) in [5.41, 5.74) is 0. The van der Waals surface area contributed by atoms with Gasteiger partial charge in [-0.1, -0.05) is 6.42 Å². The highest BCUT2D eigenvalue weighted by molar-refractivity contribution is 6.35. The number of hydrogen-bond donors (Lipinski definition) is 1. The Bertz CT molecular complexity index is 332. The summed E-state index contributed by atoms with van der Waals surface area (Å²) in [5.74, 6) is -0.0434. The van der Waals surface area contributed by atoms with Crippen molar-refractivity contribution in [2.75, 3.05) is 33.7 Å². The molecule has 0 aromatic carbocycles. The molecule has 0 aromatic heterocycles. The third-order valence-corrected chi connectivity index (χ3v) is 4.32. The molecule has 0 radical (unpaired) electrons. The molecule has 2 amide bonds. The van der Waals surface area contributed by atoms with Crippen molar-refractivity contribution in [2.45, 2.75) is 31.7 Å². The number of carbonyl (C=O) groups is 2. The molecule has 1 N–H and O–H groups in total. The largest absolute Gasteiger partial charge is 0.336 e. The summed E-state index contributed by atoms with van der Waals surface area (Å²) in [5, 5.41) is 3.35. The predicted octanol–water partition coefficient (Wildman–Crippen LogP) is 0.0652. The van der Waals surface area contributed by atoms with Crippen LogP contribution in [0.2, 0.25) is 0 Å². The molecule has 0 aromatic rings. The van der Waals surface area contributed by atoms with E-state index in [1.807, 2.05) is 7.05 Å². The lowest BCUT2D eigenvalue weighted by molar-refractivity contribution is -0.155. The Morgan fingerprint density at radius 2 is 2.00 bits per heavy atom. The molecule has 2 unspecified atom stereocenters. The van der Waals surface area contributed by atoms with E-state index >= 15 is 0 Å². The summed E-state index contributed by atoms with van der Waals surface area (Å²) in [6, 6.07) is 0.586. The van der Waals surface area contributed by atoms with Crippen molar-refractivity contribution >= 4 is 11.8 Å². The van der Waals surface area contributed by atoms with Crippen molar-refractivity contribution in [2.24, 2.45) is 5.92 Å². The third-order valence-electron chi connectivity index (χ3n) is 4.32. The van der Waals surface area contributed by atoms with E-state index in [0.717, 1.165) is 13.0 Å². The summed E-state index contributed by atoms with van der Waals surface area (Å²) in [7, 11) is 3.69. The number of nitrogens with zero attached hydrogens (tertiary/aromatic N) is 2. The van der Waals surface area contributed by atoms with Crippen molar-refractivity contribution in [1.29, 1.82) is 0 Å². The van der Waals surface area contributed by atoms with Crippen LogP contribution in [0.5, 0.6) is 0 Å². The van der Waals surface area contributed by atoms with Crippen LogP contribution in [0.4, 0.5) is 0 Å². The van der Waals surface area contributed by atoms with Crippen LogP contribution in [0.3, 0.4) is 0 Å². The zero-order valence-corrected chi connectivity index (χ0v) is 11.3. The number of piperazine rings is 1. The van der Waals surface area contributed by atoms with E-state index in [4.69, 9.17) is 0 Å². The number of carbonyl (C=O) groups excluding carboxylic acids is 2. The summed E-state index contributed by atoms with van der Waals surface area (Å²) < 4.78 is 0. The smallest absolute Gasteiger partial charge is 0.312 e. The number of nitrogens with one attached hydrogen (secondary N) is 1. The van der Waals surface area contributed by atoms with E-state index in [9.17, 15) is 9.59 Å². The van der Waals surface area contributed by atoms with Gasteiger partial charge in [-0.3, -0.25) is 9.59 Å². The molecule has 5 heteroatoms. The van der Waals surface area contributed by atoms with E-state index in [2.05, 4.69) is 5.32 Å². The van der Waals surface area contributed by atoms with Gasteiger partial charge in [0.25, 0.3) is 0 Å². The first-order chi connectivity index (χ1) is 8.63. The molecule has 2 aliphatic rings. The van der Waals surface area contributed by atoms with Crippen molar-refractivity contribution in [1.82, 2.24) is 15.1 Å². The fourth-order valence-corrected chi connectivity index (χ4v) is 3.07. The van der Waals surface area contributed by atoms with E-state index in [1.165, 1.54) is 24.2 Å². The second-order valence-electron chi connectivity index (χ2n) is 5.39. The van der Waals surface area contributed by atoms with Gasteiger partial charge in [-0.25, -0.2) is 0 Å². The molecule has 5 nitrogen and oxygen atoms in total. The van der Waals surface area contributed by atoms with Gasteiger partial charge >= 0.3 is 11.8 Å². The van der Waals surface area contributed by atoms with Crippen molar-refractivity contribution in [3.8, 4) is 0 Å². The first kappa shape index (κ1) is 13.3. The lowest BCUT2D eigenvalue weighted by atomic mass is 9.99. The Morgan fingerprint density at radius 1 is 1.22 bits per heavy atom. The number of likely N-dealkylation sites (N-methyl/N-ethyl adjacent to an activating group) is 1. The normalized spacial score (nSPS) is 29.2. The van der Waals surface area contributed by atoms with Crippen LogP contribution >= 0.6 is 0 Å². The molecule has 2 fully saturated rings. The molecule has 0 spiro atoms. The average molecular weight is 253 g/mol. The molecule has 1 aliphatic heterocycles. The second-order valence-corrected chi connectivity index (χ2v) is 5.39. The molecular formula is C13H23N3O2. The summed E-state index contributed by atoms with van der Waals surface area (Å²) in [6.45, 7) is 2.06. The minimum Gasteiger partial charge on any atom is -0.336 e. The van der Waals surface area contributed by atoms with Crippen molar-refractivity contribution in [3.63, 3.8) is 0 Å². The summed E-state index contributed by atoms with van der Waals surface area (Å²) in [4.78, 5) is 26.6. The fourth-order valence-electron chi connectivity index (χ4n) is 3.07. The molecule has 2 rings (SSSR count). The standard InChI is InChI=1S/C13H23N3O2/c1-14-11-5-3-4-10(11)6-7-16-9-8-15(2)12(17)13(16)18/h10-11,14H,3-9H2,1-2H3. The second kappa shape index (κ2) is 5.69. The summed E-state index contributed by atoms with van der Waals surface area (Å²) >= 11 is 0. The maximum Gasteiger partial charge on any atom is 0.312 e. The molecule has 0 bridgehead atoms. The summed E-state index contributed by atoms with van der Waals surface area (Å²) in [6.07, 6.45) is 4.75. The first-order valence-corrected chi connectivity index (χ1v) is 6.85. The van der Waals surface area contributed by atoms with Gasteiger partial charge < -0.3 is 15.1 Å². The molecule has 1 saturated heterocycles. The van der Waals surface area contributed by atoms with E-state index in [-0.39, 0.29) is 11.8 Å². The fraction of sp³-hybridized carbons (Fsp3) is 0.846. The average Bonchev–Trinajstić information content (AvgIpc) is 2.82. The SMILES string of the molecule is CNC1CCCC1CCN1CCN(C)C(=O)C1=O. The lowest BCUT2D eigenvalue weighted by Crippen LogP contribution is -2.53. The first-order valence-electron chi connectivity index (χ1n) is 6.85. The lowest BCUT2D eigenvalue weighted by Gasteiger charge is -2.32. The Hall–Kier alpha value is -1.10. The number of hydrogen-bond acceptors (Lipinski definition) is 3. The quantitative estimate of drug-likeness (QED) is 0.721. The highest BCUT2D eigenvalue weighted by atomic mass is 16.2. The van der Waals surface area contributed by atoms with E-state index in [0.29, 0.717) is 25.0 Å². The van der Waals surface area contributed by atoms with Crippen LogP contribution < -0.4 is 5.32 Å². The highest BCUT2D eigenvalue weighted by Gasteiger charge is 2.32. The van der Waals surface area contributed by atoms with Gasteiger partial charge in [-0.2, -0.15) is 0 Å². The Morgan fingerprint density at radius 3 is 2.72 bits per heavy atom. The van der Waals surface area contributed by atoms with Crippen molar-refractivity contribution < 1.29 is 9.59 Å². The van der Waals surface area contributed by atoms with Gasteiger partial charge in [-0.05, 0) is 32.2 Å². The van der Waals surface area contributed by atoms with E-state index in [1.54, 1.807) is 11.9 Å². The number of amides is 2. The zero-order chi connectivity index (χ0) is 13.1. The molecule has 1 saturated carbocycles. The molecule has 1 aliphatic carbocycles. The molecule has 2 atom stereocenters. The van der Waals surface area contributed by atoms with Gasteiger partial charge in [0.1, 0.15) is 0 Å². The van der Waals surface area contributed by atoms with Crippen molar-refractivity contribution in [3.05, 3.63) is 0 Å². The molecule has 18 heavy (non-hydrogen) atoms. The maximum atomic E-state index is 11.8. The van der Waals surface area contributed by atoms with E-state index < -0.39 is 0 Å². The predicted molar refractivity (Wildman–Crippen MR) is 69.0 cm³/mol. The Labute approximate surface area is 108 Å². The van der Waals surface area contributed by atoms with Crippen LogP contribution in [0, 0.1) is 5.92 Å². The maximum absolute atomic E-state index is 11.8. The van der Waals surface area contributed by atoms with Gasteiger partial charge in [0.15, 0.2) is 0 Å². The van der Waals surface area contributed by atoms with Crippen LogP contribution in [0.15, 0.2) is 0 Å². The zero-order valence-electron chi connectivity index (χ0n) is 11.3. The van der Waals surface area contributed by atoms with Crippen LogP contribution in [-0.2, 0) is 9.59 Å². The monoisotopic (exact) mass is 253 g/mol. The molecule has 102 valence electrons. The number of rotatable bonds is 4. The molecule has 1 heterocycles. The Kier molecular flexibility index (Phi) is 4.22. The van der Waals surface area contributed by atoms with Gasteiger partial charge in [-0.15, -0.1) is 0 Å². The van der Waals surface area contributed by atoms with Crippen LogP contribution in [0.25, 0.3) is 0 Å². The van der Waals surface area contributed by atoms with Gasteiger partial charge in [0, 0.05) is 32.7 Å². The highest BCUT2D eigenvalue weighted by Crippen LogP contribution is 2.28. The topological polar surface area (TPSA) is 52.6 Å².